The summed E-state index contributed by atoms with van der Waals surface area (Å²) in [4.78, 5) is 25.8. The molecule has 0 radical (unpaired) electrons. The summed E-state index contributed by atoms with van der Waals surface area (Å²) in [5, 5.41) is 3.07. The Balaban J connectivity index is 2.02. The Morgan fingerprint density at radius 1 is 1.23 bits per heavy atom. The zero-order chi connectivity index (χ0) is 15.5. The second kappa shape index (κ2) is 6.19. The first-order valence-electron chi connectivity index (χ1n) is 7.46. The summed E-state index contributed by atoms with van der Waals surface area (Å²) in [5.41, 5.74) is 1.78. The predicted octanol–water partition coefficient (Wildman–Crippen LogP) is 1.38. The number of aldehydes is 1. The van der Waals surface area contributed by atoms with Crippen LogP contribution >= 0.6 is 0 Å². The Labute approximate surface area is 128 Å². The molecule has 0 amide bonds. The van der Waals surface area contributed by atoms with Crippen LogP contribution in [-0.2, 0) is 11.2 Å². The Morgan fingerprint density at radius 2 is 1.91 bits per heavy atom. The highest BCUT2D eigenvalue weighted by Gasteiger charge is 2.21. The van der Waals surface area contributed by atoms with Gasteiger partial charge in [0, 0.05) is 13.1 Å². The van der Waals surface area contributed by atoms with Crippen LogP contribution in [0.1, 0.15) is 22.8 Å². The average molecular weight is 301 g/mol. The third-order valence-corrected chi connectivity index (χ3v) is 3.95. The van der Waals surface area contributed by atoms with Gasteiger partial charge in [-0.3, -0.25) is 14.7 Å². The highest BCUT2D eigenvalue weighted by Crippen LogP contribution is 2.17. The lowest BCUT2D eigenvalue weighted by molar-refractivity contribution is 0.111. The molecule has 3 rings (SSSR count). The summed E-state index contributed by atoms with van der Waals surface area (Å²) in [6.45, 7) is 4.59. The summed E-state index contributed by atoms with van der Waals surface area (Å²) < 4.78 is 6.74. The minimum Gasteiger partial charge on any atom is -0.378 e. The number of anilines is 1. The molecule has 1 aromatic heterocycles. The molecule has 22 heavy (non-hydrogen) atoms. The number of carbonyl (C=O) groups is 1. The van der Waals surface area contributed by atoms with Crippen molar-refractivity contribution in [3.05, 3.63) is 45.7 Å². The van der Waals surface area contributed by atoms with Crippen LogP contribution in [0.5, 0.6) is 0 Å². The third kappa shape index (κ3) is 2.57. The first kappa shape index (κ1) is 14.6. The lowest BCUT2D eigenvalue weighted by Crippen LogP contribution is -2.37. The zero-order valence-electron chi connectivity index (χ0n) is 12.5. The molecule has 0 atom stereocenters. The van der Waals surface area contributed by atoms with Crippen molar-refractivity contribution in [2.75, 3.05) is 31.2 Å². The van der Waals surface area contributed by atoms with Gasteiger partial charge in [-0.15, -0.1) is 0 Å². The summed E-state index contributed by atoms with van der Waals surface area (Å²) in [6.07, 6.45) is 1.57. The van der Waals surface area contributed by atoms with Gasteiger partial charge in [-0.25, -0.2) is 4.68 Å². The highest BCUT2D eigenvalue weighted by molar-refractivity contribution is 5.82. The maximum atomic E-state index is 12.5. The molecular weight excluding hydrogens is 282 g/mol. The van der Waals surface area contributed by atoms with Crippen molar-refractivity contribution in [3.63, 3.8) is 0 Å². The molecule has 0 saturated carbocycles. The Kier molecular flexibility index (Phi) is 4.11. The lowest BCUT2D eigenvalue weighted by atomic mass is 10.1. The largest absolute Gasteiger partial charge is 0.378 e. The van der Waals surface area contributed by atoms with Crippen LogP contribution in [-0.4, -0.2) is 42.4 Å². The van der Waals surface area contributed by atoms with Crippen LogP contribution in [0.15, 0.2) is 29.1 Å². The summed E-state index contributed by atoms with van der Waals surface area (Å²) in [5.74, 6) is 0.572. The van der Waals surface area contributed by atoms with Gasteiger partial charge < -0.3 is 9.64 Å². The van der Waals surface area contributed by atoms with E-state index in [0.29, 0.717) is 38.4 Å². The number of hydrogen-bond donors (Lipinski definition) is 1. The van der Waals surface area contributed by atoms with E-state index < -0.39 is 0 Å². The predicted molar refractivity (Wildman–Crippen MR) is 84.2 cm³/mol. The minimum atomic E-state index is -0.319. The maximum absolute atomic E-state index is 12.5. The van der Waals surface area contributed by atoms with Crippen LogP contribution in [0.2, 0.25) is 0 Å². The number of aromatic amines is 1. The van der Waals surface area contributed by atoms with Gasteiger partial charge in [0.1, 0.15) is 11.4 Å². The van der Waals surface area contributed by atoms with E-state index in [1.807, 2.05) is 29.2 Å². The van der Waals surface area contributed by atoms with Crippen LogP contribution in [0.25, 0.3) is 5.69 Å². The van der Waals surface area contributed by atoms with Crippen molar-refractivity contribution in [2.24, 2.45) is 0 Å². The second-order valence-corrected chi connectivity index (χ2v) is 5.25. The average Bonchev–Trinajstić information content (AvgIpc) is 2.92. The molecule has 0 bridgehead atoms. The fourth-order valence-electron chi connectivity index (χ4n) is 2.64. The second-order valence-electron chi connectivity index (χ2n) is 5.25. The number of hydrogen-bond acceptors (Lipinski definition) is 4. The SMILES string of the molecule is CCc1ccc(-n2[nH]c(N3CCOCC3)c(C=O)c2=O)cc1. The molecule has 1 N–H and O–H groups in total. The Morgan fingerprint density at radius 3 is 2.50 bits per heavy atom. The van der Waals surface area contributed by atoms with Crippen molar-refractivity contribution < 1.29 is 9.53 Å². The number of aromatic nitrogens is 2. The third-order valence-electron chi connectivity index (χ3n) is 3.95. The van der Waals surface area contributed by atoms with Crippen molar-refractivity contribution >= 4 is 12.1 Å². The van der Waals surface area contributed by atoms with Gasteiger partial charge >= 0.3 is 0 Å². The summed E-state index contributed by atoms with van der Waals surface area (Å²) in [7, 11) is 0. The Bertz CT molecular complexity index is 709. The first-order valence-corrected chi connectivity index (χ1v) is 7.46. The van der Waals surface area contributed by atoms with Crippen LogP contribution in [0.4, 0.5) is 5.82 Å². The van der Waals surface area contributed by atoms with Crippen LogP contribution in [0.3, 0.4) is 0 Å². The summed E-state index contributed by atoms with van der Waals surface area (Å²) in [6, 6.07) is 7.73. The van der Waals surface area contributed by atoms with E-state index in [4.69, 9.17) is 4.74 Å². The topological polar surface area (TPSA) is 67.3 Å². The van der Waals surface area contributed by atoms with Gasteiger partial charge in [0.2, 0.25) is 0 Å². The number of aryl methyl sites for hydroxylation is 1. The van der Waals surface area contributed by atoms with E-state index in [0.717, 1.165) is 12.1 Å². The van der Waals surface area contributed by atoms with E-state index in [2.05, 4.69) is 12.0 Å². The van der Waals surface area contributed by atoms with Crippen LogP contribution in [0, 0.1) is 0 Å². The maximum Gasteiger partial charge on any atom is 0.284 e. The molecule has 1 aliphatic rings. The number of ether oxygens (including phenoxy) is 1. The monoisotopic (exact) mass is 301 g/mol. The van der Waals surface area contributed by atoms with E-state index >= 15 is 0 Å². The van der Waals surface area contributed by atoms with E-state index in [9.17, 15) is 9.59 Å². The van der Waals surface area contributed by atoms with Crippen molar-refractivity contribution in [3.8, 4) is 5.69 Å². The summed E-state index contributed by atoms with van der Waals surface area (Å²) >= 11 is 0. The van der Waals surface area contributed by atoms with Gasteiger partial charge in [0.05, 0.1) is 18.9 Å². The number of morpholine rings is 1. The zero-order valence-corrected chi connectivity index (χ0v) is 12.5. The molecule has 2 aromatic rings. The number of benzene rings is 1. The Hall–Kier alpha value is -2.34. The number of rotatable bonds is 4. The molecule has 1 aromatic carbocycles. The number of nitrogens with one attached hydrogen (secondary N) is 1. The quantitative estimate of drug-likeness (QED) is 0.866. The van der Waals surface area contributed by atoms with Gasteiger partial charge in [0.15, 0.2) is 6.29 Å². The van der Waals surface area contributed by atoms with E-state index in [1.165, 1.54) is 10.2 Å². The number of carbonyl (C=O) groups excluding carboxylic acids is 1. The molecule has 0 aliphatic carbocycles. The molecule has 116 valence electrons. The van der Waals surface area contributed by atoms with E-state index in [-0.39, 0.29) is 11.1 Å². The molecular formula is C16H19N3O3. The lowest BCUT2D eigenvalue weighted by Gasteiger charge is -2.27. The minimum absolute atomic E-state index is 0.168. The van der Waals surface area contributed by atoms with E-state index in [1.54, 1.807) is 0 Å². The highest BCUT2D eigenvalue weighted by atomic mass is 16.5. The fourth-order valence-corrected chi connectivity index (χ4v) is 2.64. The van der Waals surface area contributed by atoms with Crippen LogP contribution < -0.4 is 10.5 Å². The molecule has 1 saturated heterocycles. The smallest absolute Gasteiger partial charge is 0.284 e. The van der Waals surface area contributed by atoms with Gasteiger partial charge in [0.25, 0.3) is 5.56 Å². The molecule has 0 unspecified atom stereocenters. The van der Waals surface area contributed by atoms with Gasteiger partial charge in [-0.05, 0) is 24.1 Å². The molecule has 0 spiro atoms. The molecule has 2 heterocycles. The molecule has 1 aliphatic heterocycles. The molecule has 6 nitrogen and oxygen atoms in total. The number of nitrogens with zero attached hydrogens (tertiary/aromatic N) is 2. The van der Waals surface area contributed by atoms with Crippen molar-refractivity contribution in [2.45, 2.75) is 13.3 Å². The van der Waals surface area contributed by atoms with Crippen molar-refractivity contribution in [1.82, 2.24) is 9.78 Å². The standard InChI is InChI=1S/C16H19N3O3/c1-2-12-3-5-13(6-4-12)19-16(21)14(11-20)15(17-19)18-7-9-22-10-8-18/h3-6,11,17H,2,7-10H2,1H3. The normalized spacial score (nSPS) is 15.0. The van der Waals surface area contributed by atoms with Crippen molar-refractivity contribution in [1.29, 1.82) is 0 Å². The fraction of sp³-hybridized carbons (Fsp3) is 0.375. The van der Waals surface area contributed by atoms with Gasteiger partial charge in [-0.1, -0.05) is 19.1 Å². The van der Waals surface area contributed by atoms with Gasteiger partial charge in [-0.2, -0.15) is 0 Å². The number of H-pyrrole nitrogens is 1. The first-order chi connectivity index (χ1) is 10.7. The molecule has 6 heteroatoms. The molecule has 1 fully saturated rings.